The number of carboxylic acid groups (broad SMARTS) is 1. The van der Waals surface area contributed by atoms with E-state index in [1.54, 1.807) is 43.3 Å². The van der Waals surface area contributed by atoms with Crippen LogP contribution < -0.4 is 14.8 Å². The fourth-order valence-corrected chi connectivity index (χ4v) is 3.78. The molecule has 1 atom stereocenters. The summed E-state index contributed by atoms with van der Waals surface area (Å²) in [7, 11) is 1.42. The Hall–Kier alpha value is -4.02. The SMILES string of the molecule is CCCC(Oc1cc(C)c(-n2cc(C(F)(F)F)cn2)c(OC)c1)c1ccc(C(=O)NCCC(=O)O)cc1. The smallest absolute Gasteiger partial charge is 0.419 e. The highest BCUT2D eigenvalue weighted by atomic mass is 19.4. The summed E-state index contributed by atoms with van der Waals surface area (Å²) in [6, 6.07) is 10.1. The Morgan fingerprint density at radius 3 is 2.46 bits per heavy atom. The Labute approximate surface area is 212 Å². The molecule has 0 bridgehead atoms. The fraction of sp³-hybridized carbons (Fsp3) is 0.346. The van der Waals surface area contributed by atoms with E-state index >= 15 is 0 Å². The van der Waals surface area contributed by atoms with Crippen molar-refractivity contribution in [3.8, 4) is 17.2 Å². The van der Waals surface area contributed by atoms with Gasteiger partial charge in [-0.15, -0.1) is 0 Å². The zero-order valence-corrected chi connectivity index (χ0v) is 20.6. The van der Waals surface area contributed by atoms with Gasteiger partial charge in [0.15, 0.2) is 0 Å². The first-order chi connectivity index (χ1) is 17.5. The van der Waals surface area contributed by atoms with E-state index in [0.29, 0.717) is 34.7 Å². The van der Waals surface area contributed by atoms with Crippen LogP contribution in [0.2, 0.25) is 0 Å². The van der Waals surface area contributed by atoms with Gasteiger partial charge in [0.1, 0.15) is 23.3 Å². The second kappa shape index (κ2) is 11.8. The number of rotatable bonds is 11. The number of aliphatic carboxylic acids is 1. The minimum absolute atomic E-state index is 0.0325. The minimum Gasteiger partial charge on any atom is -0.494 e. The number of methoxy groups -OCH3 is 1. The van der Waals surface area contributed by atoms with Gasteiger partial charge in [0.25, 0.3) is 5.91 Å². The summed E-state index contributed by atoms with van der Waals surface area (Å²) in [6.07, 6.45) is -1.88. The molecule has 1 aromatic heterocycles. The summed E-state index contributed by atoms with van der Waals surface area (Å²) in [4.78, 5) is 22.8. The van der Waals surface area contributed by atoms with Crippen molar-refractivity contribution in [2.24, 2.45) is 0 Å². The van der Waals surface area contributed by atoms with Crippen LogP contribution in [0.3, 0.4) is 0 Å². The Morgan fingerprint density at radius 1 is 1.19 bits per heavy atom. The zero-order chi connectivity index (χ0) is 27.2. The molecule has 11 heteroatoms. The summed E-state index contributed by atoms with van der Waals surface area (Å²) < 4.78 is 52.0. The lowest BCUT2D eigenvalue weighted by atomic mass is 10.0. The first-order valence-corrected chi connectivity index (χ1v) is 11.6. The van der Waals surface area contributed by atoms with Crippen LogP contribution in [0.5, 0.6) is 11.5 Å². The zero-order valence-electron chi connectivity index (χ0n) is 20.6. The summed E-state index contributed by atoms with van der Waals surface area (Å²) >= 11 is 0. The summed E-state index contributed by atoms with van der Waals surface area (Å²) in [5.74, 6) is -0.597. The number of hydrogen-bond donors (Lipinski definition) is 2. The lowest BCUT2D eigenvalue weighted by Crippen LogP contribution is -2.26. The topological polar surface area (TPSA) is 103 Å². The molecule has 2 N–H and O–H groups in total. The third-order valence-corrected chi connectivity index (χ3v) is 5.60. The molecule has 8 nitrogen and oxygen atoms in total. The van der Waals surface area contributed by atoms with E-state index in [1.165, 1.54) is 7.11 Å². The number of benzene rings is 2. The van der Waals surface area contributed by atoms with Crippen molar-refractivity contribution >= 4 is 11.9 Å². The maximum atomic E-state index is 13.0. The second-order valence-corrected chi connectivity index (χ2v) is 8.38. The molecule has 0 spiro atoms. The molecule has 0 aliphatic carbocycles. The van der Waals surface area contributed by atoms with Gasteiger partial charge in [0, 0.05) is 24.4 Å². The number of hydrogen-bond acceptors (Lipinski definition) is 5. The maximum absolute atomic E-state index is 13.0. The monoisotopic (exact) mass is 519 g/mol. The van der Waals surface area contributed by atoms with E-state index in [9.17, 15) is 22.8 Å². The van der Waals surface area contributed by atoms with Crippen LogP contribution in [-0.2, 0) is 11.0 Å². The molecule has 1 amide bonds. The number of carboxylic acids is 1. The Bertz CT molecular complexity index is 1240. The fourth-order valence-electron chi connectivity index (χ4n) is 3.78. The molecule has 1 unspecified atom stereocenters. The lowest BCUT2D eigenvalue weighted by molar-refractivity contribution is -0.138. The summed E-state index contributed by atoms with van der Waals surface area (Å²) in [5, 5.41) is 15.1. The van der Waals surface area contributed by atoms with Crippen molar-refractivity contribution in [1.29, 1.82) is 0 Å². The van der Waals surface area contributed by atoms with E-state index in [-0.39, 0.29) is 25.0 Å². The molecule has 0 radical (unpaired) electrons. The molecule has 0 aliphatic heterocycles. The van der Waals surface area contributed by atoms with Gasteiger partial charge >= 0.3 is 12.1 Å². The molecule has 37 heavy (non-hydrogen) atoms. The normalized spacial score (nSPS) is 12.2. The second-order valence-electron chi connectivity index (χ2n) is 8.38. The van der Waals surface area contributed by atoms with Gasteiger partial charge in [0.2, 0.25) is 0 Å². The standard InChI is InChI=1S/C26H28F3N3O5/c1-4-5-21(17-6-8-18(9-7-17)25(35)30-11-10-23(33)34)37-20-12-16(2)24(22(13-20)36-3)32-15-19(14-31-32)26(27,28)29/h6-9,12-15,21H,4-5,10-11H2,1-3H3,(H,30,35)(H,33,34). The van der Waals surface area contributed by atoms with E-state index < -0.39 is 17.7 Å². The van der Waals surface area contributed by atoms with Crippen LogP contribution in [0.1, 0.15) is 59.3 Å². The van der Waals surface area contributed by atoms with Crippen molar-refractivity contribution in [1.82, 2.24) is 15.1 Å². The maximum Gasteiger partial charge on any atom is 0.419 e. The number of halogens is 3. The summed E-state index contributed by atoms with van der Waals surface area (Å²) in [5.41, 5.74) is 1.33. The molecule has 0 saturated carbocycles. The van der Waals surface area contributed by atoms with Crippen molar-refractivity contribution in [2.45, 2.75) is 45.4 Å². The van der Waals surface area contributed by atoms with Gasteiger partial charge < -0.3 is 19.9 Å². The highest BCUT2D eigenvalue weighted by molar-refractivity contribution is 5.94. The van der Waals surface area contributed by atoms with Crippen molar-refractivity contribution in [2.75, 3.05) is 13.7 Å². The number of nitrogens with one attached hydrogen (secondary N) is 1. The highest BCUT2D eigenvalue weighted by Gasteiger charge is 2.32. The van der Waals surface area contributed by atoms with Crippen LogP contribution in [0.25, 0.3) is 5.69 Å². The van der Waals surface area contributed by atoms with Gasteiger partial charge in [-0.1, -0.05) is 25.5 Å². The molecule has 1 heterocycles. The molecule has 198 valence electrons. The molecule has 3 aromatic rings. The van der Waals surface area contributed by atoms with Crippen LogP contribution >= 0.6 is 0 Å². The number of ether oxygens (including phenoxy) is 2. The predicted octanol–water partition coefficient (Wildman–Crippen LogP) is 5.33. The molecular weight excluding hydrogens is 491 g/mol. The lowest BCUT2D eigenvalue weighted by Gasteiger charge is -2.21. The molecule has 0 aliphatic rings. The third kappa shape index (κ3) is 7.02. The van der Waals surface area contributed by atoms with Gasteiger partial charge in [0.05, 0.1) is 25.3 Å². The number of carbonyl (C=O) groups is 2. The largest absolute Gasteiger partial charge is 0.494 e. The van der Waals surface area contributed by atoms with Gasteiger partial charge in [-0.25, -0.2) is 4.68 Å². The number of amides is 1. The minimum atomic E-state index is -4.51. The Morgan fingerprint density at radius 2 is 1.89 bits per heavy atom. The Kier molecular flexibility index (Phi) is 8.80. The van der Waals surface area contributed by atoms with Gasteiger partial charge in [-0.05, 0) is 42.7 Å². The molecule has 0 fully saturated rings. The van der Waals surface area contributed by atoms with Crippen LogP contribution in [0.15, 0.2) is 48.8 Å². The number of nitrogens with zero attached hydrogens (tertiary/aromatic N) is 2. The van der Waals surface area contributed by atoms with Crippen LogP contribution in [0, 0.1) is 6.92 Å². The van der Waals surface area contributed by atoms with E-state index in [4.69, 9.17) is 14.6 Å². The van der Waals surface area contributed by atoms with E-state index in [0.717, 1.165) is 29.1 Å². The van der Waals surface area contributed by atoms with Gasteiger partial charge in [-0.2, -0.15) is 18.3 Å². The number of carbonyl (C=O) groups excluding carboxylic acids is 1. The average Bonchev–Trinajstić information content (AvgIpc) is 3.33. The number of aromatic nitrogens is 2. The van der Waals surface area contributed by atoms with E-state index in [1.807, 2.05) is 6.92 Å². The molecular formula is C26H28F3N3O5. The number of aryl methyl sites for hydroxylation is 1. The van der Waals surface area contributed by atoms with Gasteiger partial charge in [-0.3, -0.25) is 9.59 Å². The summed E-state index contributed by atoms with van der Waals surface area (Å²) in [6.45, 7) is 3.77. The first-order valence-electron chi connectivity index (χ1n) is 11.6. The molecule has 0 saturated heterocycles. The van der Waals surface area contributed by atoms with Crippen molar-refractivity contribution in [3.05, 3.63) is 71.0 Å². The molecule has 3 rings (SSSR count). The Balaban J connectivity index is 1.81. The predicted molar refractivity (Wildman–Crippen MR) is 129 cm³/mol. The molecule has 2 aromatic carbocycles. The number of alkyl halides is 3. The van der Waals surface area contributed by atoms with Crippen LogP contribution in [-0.4, -0.2) is 40.4 Å². The quantitative estimate of drug-likeness (QED) is 0.355. The highest BCUT2D eigenvalue weighted by Crippen LogP contribution is 2.36. The van der Waals surface area contributed by atoms with Crippen molar-refractivity contribution in [3.63, 3.8) is 0 Å². The van der Waals surface area contributed by atoms with Crippen LogP contribution in [0.4, 0.5) is 13.2 Å². The first kappa shape index (κ1) is 27.6. The van der Waals surface area contributed by atoms with E-state index in [2.05, 4.69) is 10.4 Å². The average molecular weight is 520 g/mol. The third-order valence-electron chi connectivity index (χ3n) is 5.60. The van der Waals surface area contributed by atoms with Crippen molar-refractivity contribution < 1.29 is 37.3 Å².